The molecule has 0 bridgehead atoms. The third-order valence-electron chi connectivity index (χ3n) is 3.79. The molecule has 112 valence electrons. The molecule has 0 spiro atoms. The van der Waals surface area contributed by atoms with Gasteiger partial charge in [-0.15, -0.1) is 0 Å². The lowest BCUT2D eigenvalue weighted by molar-refractivity contribution is 0.0694. The van der Waals surface area contributed by atoms with Crippen molar-refractivity contribution in [2.75, 3.05) is 18.5 Å². The molecule has 0 radical (unpaired) electrons. The smallest absolute Gasteiger partial charge is 0.341 e. The molecule has 0 atom stereocenters. The molecule has 3 rings (SSSR count). The van der Waals surface area contributed by atoms with Crippen molar-refractivity contribution in [2.45, 2.75) is 6.54 Å². The SMILES string of the molecule is CN1CCn2c1c(C(=O)c1ccccc1)cc(C(=O)O)c2=O. The van der Waals surface area contributed by atoms with E-state index >= 15 is 0 Å². The Morgan fingerprint density at radius 3 is 2.41 bits per heavy atom. The summed E-state index contributed by atoms with van der Waals surface area (Å²) in [6.45, 7) is 0.939. The van der Waals surface area contributed by atoms with Gasteiger partial charge in [0.15, 0.2) is 5.78 Å². The number of ketones is 1. The van der Waals surface area contributed by atoms with E-state index in [0.29, 0.717) is 24.5 Å². The zero-order valence-corrected chi connectivity index (χ0v) is 11.9. The molecule has 0 fully saturated rings. The highest BCUT2D eigenvalue weighted by atomic mass is 16.4. The highest BCUT2D eigenvalue weighted by Crippen LogP contribution is 2.26. The Morgan fingerprint density at radius 2 is 1.77 bits per heavy atom. The van der Waals surface area contributed by atoms with Crippen molar-refractivity contribution in [3.8, 4) is 0 Å². The van der Waals surface area contributed by atoms with Gasteiger partial charge in [-0.25, -0.2) is 4.79 Å². The average Bonchev–Trinajstić information content (AvgIpc) is 2.90. The van der Waals surface area contributed by atoms with E-state index < -0.39 is 11.5 Å². The van der Waals surface area contributed by atoms with E-state index in [0.717, 1.165) is 0 Å². The number of aromatic nitrogens is 1. The number of pyridine rings is 1. The van der Waals surface area contributed by atoms with Crippen LogP contribution in [0, 0.1) is 0 Å². The van der Waals surface area contributed by atoms with Crippen LogP contribution < -0.4 is 10.5 Å². The van der Waals surface area contributed by atoms with E-state index in [9.17, 15) is 19.5 Å². The number of fused-ring (bicyclic) bond motifs is 1. The Hall–Kier alpha value is -2.89. The lowest BCUT2D eigenvalue weighted by Crippen LogP contribution is -2.27. The quantitative estimate of drug-likeness (QED) is 0.862. The maximum atomic E-state index is 12.7. The van der Waals surface area contributed by atoms with Crippen molar-refractivity contribution >= 4 is 17.6 Å². The Labute approximate surface area is 126 Å². The van der Waals surface area contributed by atoms with Crippen LogP contribution in [0.4, 0.5) is 5.82 Å². The van der Waals surface area contributed by atoms with Crippen molar-refractivity contribution < 1.29 is 14.7 Å². The van der Waals surface area contributed by atoms with E-state index in [4.69, 9.17) is 0 Å². The van der Waals surface area contributed by atoms with Gasteiger partial charge in [0.2, 0.25) is 0 Å². The van der Waals surface area contributed by atoms with Crippen molar-refractivity contribution in [2.24, 2.45) is 0 Å². The summed E-state index contributed by atoms with van der Waals surface area (Å²) >= 11 is 0. The highest BCUT2D eigenvalue weighted by molar-refractivity contribution is 6.13. The standard InChI is InChI=1S/C16H14N2O4/c1-17-7-8-18-14(17)11(9-12(15(18)20)16(21)22)13(19)10-5-3-2-4-6-10/h2-6,9H,7-8H2,1H3,(H,21,22). The summed E-state index contributed by atoms with van der Waals surface area (Å²) in [6.07, 6.45) is 0. The minimum Gasteiger partial charge on any atom is -0.477 e. The van der Waals surface area contributed by atoms with Gasteiger partial charge >= 0.3 is 5.97 Å². The number of aromatic carboxylic acids is 1. The number of nitrogens with zero attached hydrogens (tertiary/aromatic N) is 2. The molecule has 2 heterocycles. The van der Waals surface area contributed by atoms with E-state index in [1.165, 1.54) is 10.6 Å². The topological polar surface area (TPSA) is 79.6 Å². The summed E-state index contributed by atoms with van der Waals surface area (Å²) in [6, 6.07) is 9.80. The lowest BCUT2D eigenvalue weighted by atomic mass is 10.0. The van der Waals surface area contributed by atoms with Gasteiger partial charge in [0.1, 0.15) is 11.4 Å². The third kappa shape index (κ3) is 2.09. The van der Waals surface area contributed by atoms with Gasteiger partial charge in [0.25, 0.3) is 5.56 Å². The molecule has 1 N–H and O–H groups in total. The zero-order chi connectivity index (χ0) is 15.9. The van der Waals surface area contributed by atoms with E-state index in [-0.39, 0.29) is 16.9 Å². The van der Waals surface area contributed by atoms with Crippen LogP contribution in [0.1, 0.15) is 26.3 Å². The first kappa shape index (κ1) is 14.1. The average molecular weight is 298 g/mol. The second-order valence-corrected chi connectivity index (χ2v) is 5.17. The minimum absolute atomic E-state index is 0.239. The Morgan fingerprint density at radius 1 is 1.09 bits per heavy atom. The van der Waals surface area contributed by atoms with Crippen LogP contribution in [0.25, 0.3) is 0 Å². The number of carboxylic acids is 1. The molecule has 0 unspecified atom stereocenters. The number of likely N-dealkylation sites (N-methyl/N-ethyl adjacent to an activating group) is 1. The fourth-order valence-corrected chi connectivity index (χ4v) is 2.70. The molecule has 2 aromatic rings. The van der Waals surface area contributed by atoms with Gasteiger partial charge in [-0.2, -0.15) is 0 Å². The molecular weight excluding hydrogens is 284 g/mol. The van der Waals surface area contributed by atoms with Gasteiger partial charge < -0.3 is 10.0 Å². The summed E-state index contributed by atoms with van der Waals surface area (Å²) in [5, 5.41) is 9.20. The van der Waals surface area contributed by atoms with Crippen LogP contribution in [0.2, 0.25) is 0 Å². The Bertz CT molecular complexity index is 824. The normalized spacial score (nSPS) is 13.0. The molecule has 6 nitrogen and oxygen atoms in total. The van der Waals surface area contributed by atoms with Crippen LogP contribution in [-0.2, 0) is 6.54 Å². The summed E-state index contributed by atoms with van der Waals surface area (Å²) in [7, 11) is 1.78. The first-order chi connectivity index (χ1) is 10.5. The van der Waals surface area contributed by atoms with Crippen LogP contribution in [0.15, 0.2) is 41.2 Å². The summed E-state index contributed by atoms with van der Waals surface area (Å²) in [5.41, 5.74) is -0.251. The first-order valence-electron chi connectivity index (χ1n) is 6.82. The molecule has 0 saturated heterocycles. The number of rotatable bonds is 3. The van der Waals surface area contributed by atoms with Gasteiger partial charge in [-0.05, 0) is 6.07 Å². The van der Waals surface area contributed by atoms with Crippen molar-refractivity contribution in [1.29, 1.82) is 0 Å². The fourth-order valence-electron chi connectivity index (χ4n) is 2.70. The molecule has 1 aliphatic rings. The number of benzene rings is 1. The number of hydrogen-bond donors (Lipinski definition) is 1. The highest BCUT2D eigenvalue weighted by Gasteiger charge is 2.28. The monoisotopic (exact) mass is 298 g/mol. The summed E-state index contributed by atoms with van der Waals surface area (Å²) in [5.74, 6) is -1.14. The molecule has 0 saturated carbocycles. The number of carbonyl (C=O) groups excluding carboxylic acids is 1. The van der Waals surface area contributed by atoms with E-state index in [2.05, 4.69) is 0 Å². The molecular formula is C16H14N2O4. The number of carbonyl (C=O) groups is 2. The van der Waals surface area contributed by atoms with Crippen LogP contribution in [0.3, 0.4) is 0 Å². The van der Waals surface area contributed by atoms with Crippen LogP contribution >= 0.6 is 0 Å². The molecule has 1 aromatic carbocycles. The molecule has 22 heavy (non-hydrogen) atoms. The maximum absolute atomic E-state index is 12.7. The third-order valence-corrected chi connectivity index (χ3v) is 3.79. The number of hydrogen-bond acceptors (Lipinski definition) is 4. The van der Waals surface area contributed by atoms with Crippen molar-refractivity contribution in [3.63, 3.8) is 0 Å². The molecule has 6 heteroatoms. The van der Waals surface area contributed by atoms with E-state index in [1.54, 1.807) is 42.3 Å². The fraction of sp³-hybridized carbons (Fsp3) is 0.188. The molecule has 1 aliphatic heterocycles. The van der Waals surface area contributed by atoms with Gasteiger partial charge in [-0.1, -0.05) is 30.3 Å². The maximum Gasteiger partial charge on any atom is 0.341 e. The van der Waals surface area contributed by atoms with Gasteiger partial charge in [0, 0.05) is 25.7 Å². The lowest BCUT2D eigenvalue weighted by Gasteiger charge is -2.16. The van der Waals surface area contributed by atoms with Gasteiger partial charge in [-0.3, -0.25) is 14.2 Å². The van der Waals surface area contributed by atoms with Crippen LogP contribution in [-0.4, -0.2) is 35.0 Å². The second kappa shape index (κ2) is 5.14. The molecule has 1 aromatic heterocycles. The van der Waals surface area contributed by atoms with Crippen molar-refractivity contribution in [1.82, 2.24) is 4.57 Å². The second-order valence-electron chi connectivity index (χ2n) is 5.17. The molecule has 0 aliphatic carbocycles. The van der Waals surface area contributed by atoms with E-state index in [1.807, 2.05) is 0 Å². The van der Waals surface area contributed by atoms with Crippen LogP contribution in [0.5, 0.6) is 0 Å². The Kier molecular flexibility index (Phi) is 3.29. The number of anilines is 1. The zero-order valence-electron chi connectivity index (χ0n) is 11.9. The summed E-state index contributed by atoms with van der Waals surface area (Å²) in [4.78, 5) is 38.0. The number of carboxylic acid groups (broad SMARTS) is 1. The predicted molar refractivity (Wildman–Crippen MR) is 80.8 cm³/mol. The molecule has 0 amide bonds. The Balaban J connectivity index is 2.26. The summed E-state index contributed by atoms with van der Waals surface area (Å²) < 4.78 is 1.36. The first-order valence-corrected chi connectivity index (χ1v) is 6.82. The van der Waals surface area contributed by atoms with Gasteiger partial charge in [0.05, 0.1) is 5.56 Å². The van der Waals surface area contributed by atoms with Crippen molar-refractivity contribution in [3.05, 3.63) is 63.4 Å². The minimum atomic E-state index is -1.32. The largest absolute Gasteiger partial charge is 0.477 e. The predicted octanol–water partition coefficient (Wildman–Crippen LogP) is 1.23.